The van der Waals surface area contributed by atoms with Gasteiger partial charge in [-0.2, -0.15) is 0 Å². The van der Waals surface area contributed by atoms with Gasteiger partial charge in [0.1, 0.15) is 18.3 Å². The number of hydrogen-bond donors (Lipinski definition) is 4. The summed E-state index contributed by atoms with van der Waals surface area (Å²) in [5, 5.41) is 12.0. The van der Waals surface area contributed by atoms with Crippen molar-refractivity contribution in [1.82, 2.24) is 10.2 Å². The lowest BCUT2D eigenvalue weighted by molar-refractivity contribution is -0.144. The molecule has 2 aromatic carbocycles. The molecular formula is C25H31N5O7. The zero-order chi connectivity index (χ0) is 26.8. The lowest BCUT2D eigenvalue weighted by atomic mass is 10.1. The van der Waals surface area contributed by atoms with Gasteiger partial charge in [-0.1, -0.05) is 24.3 Å². The van der Waals surface area contributed by atoms with Crippen LogP contribution in [0.1, 0.15) is 25.3 Å². The zero-order valence-corrected chi connectivity index (χ0v) is 20.5. The summed E-state index contributed by atoms with van der Waals surface area (Å²) >= 11 is 0. The smallest absolute Gasteiger partial charge is 0.326 e. The van der Waals surface area contributed by atoms with Gasteiger partial charge in [0.15, 0.2) is 23.6 Å². The van der Waals surface area contributed by atoms with Gasteiger partial charge in [-0.25, -0.2) is 4.79 Å². The number of para-hydroxylation sites is 1. The molecule has 2 aromatic rings. The first-order valence-electron chi connectivity index (χ1n) is 11.7. The van der Waals surface area contributed by atoms with Crippen LogP contribution in [0.2, 0.25) is 0 Å². The van der Waals surface area contributed by atoms with Crippen molar-refractivity contribution in [2.75, 3.05) is 19.9 Å². The fourth-order valence-corrected chi connectivity index (χ4v) is 3.66. The molecule has 0 fully saturated rings. The van der Waals surface area contributed by atoms with Crippen molar-refractivity contribution in [3.8, 4) is 17.2 Å². The molecule has 1 heterocycles. The fourth-order valence-electron chi connectivity index (χ4n) is 3.66. The molecule has 2 atom stereocenters. The van der Waals surface area contributed by atoms with E-state index in [2.05, 4.69) is 10.3 Å². The number of aliphatic imine (C=N–C) groups is 1. The van der Waals surface area contributed by atoms with Gasteiger partial charge in [-0.05, 0) is 49.6 Å². The molecule has 0 bridgehead atoms. The minimum absolute atomic E-state index is 0.0631. The maximum atomic E-state index is 13.3. The molecule has 0 spiro atoms. The molecule has 0 aliphatic carbocycles. The second kappa shape index (κ2) is 13.0. The van der Waals surface area contributed by atoms with E-state index >= 15 is 0 Å². The molecule has 2 amide bonds. The van der Waals surface area contributed by atoms with Gasteiger partial charge in [-0.3, -0.25) is 14.6 Å². The maximum Gasteiger partial charge on any atom is 0.326 e. The van der Waals surface area contributed by atoms with Crippen LogP contribution in [0.15, 0.2) is 53.5 Å². The normalized spacial score (nSPS) is 13.2. The topological polar surface area (TPSA) is 179 Å². The van der Waals surface area contributed by atoms with Gasteiger partial charge in [0.25, 0.3) is 5.91 Å². The first-order valence-corrected chi connectivity index (χ1v) is 11.7. The molecule has 12 heteroatoms. The number of amides is 2. The summed E-state index contributed by atoms with van der Waals surface area (Å²) < 4.78 is 16.5. The average molecular weight is 514 g/mol. The maximum absolute atomic E-state index is 13.3. The summed E-state index contributed by atoms with van der Waals surface area (Å²) in [5.74, 6) is -0.748. The van der Waals surface area contributed by atoms with E-state index in [0.717, 1.165) is 0 Å². The highest BCUT2D eigenvalue weighted by Gasteiger charge is 2.27. The van der Waals surface area contributed by atoms with Gasteiger partial charge in [0.05, 0.1) is 0 Å². The SMILES string of the molecule is CC(Oc1ccccc1)C(=O)N(CC(=O)NC(CCCN=C(N)N)C(=O)O)Cc1ccc2c(c1)OCO2. The molecule has 0 saturated heterocycles. The number of nitrogens with zero attached hydrogens (tertiary/aromatic N) is 2. The Morgan fingerprint density at radius 2 is 1.86 bits per heavy atom. The second-order valence-corrected chi connectivity index (χ2v) is 8.36. The molecular weight excluding hydrogens is 482 g/mol. The molecule has 0 radical (unpaired) electrons. The minimum atomic E-state index is -1.20. The predicted molar refractivity (Wildman–Crippen MR) is 134 cm³/mol. The number of hydrogen-bond acceptors (Lipinski definition) is 7. The first-order chi connectivity index (χ1) is 17.7. The van der Waals surface area contributed by atoms with Crippen molar-refractivity contribution >= 4 is 23.7 Å². The van der Waals surface area contributed by atoms with Crippen molar-refractivity contribution in [2.24, 2.45) is 16.5 Å². The van der Waals surface area contributed by atoms with Crippen LogP contribution in [0.3, 0.4) is 0 Å². The van der Waals surface area contributed by atoms with Crippen LogP contribution < -0.4 is 31.0 Å². The van der Waals surface area contributed by atoms with Crippen LogP contribution in [-0.4, -0.2) is 65.8 Å². The van der Waals surface area contributed by atoms with Gasteiger partial charge in [0.2, 0.25) is 12.7 Å². The van der Waals surface area contributed by atoms with Crippen LogP contribution in [-0.2, 0) is 20.9 Å². The molecule has 198 valence electrons. The Hall–Kier alpha value is -4.48. The molecule has 37 heavy (non-hydrogen) atoms. The summed E-state index contributed by atoms with van der Waals surface area (Å²) in [7, 11) is 0. The number of ether oxygens (including phenoxy) is 3. The Kier molecular flexibility index (Phi) is 9.53. The van der Waals surface area contributed by atoms with Crippen molar-refractivity contribution in [3.63, 3.8) is 0 Å². The predicted octanol–water partition coefficient (Wildman–Crippen LogP) is 0.834. The van der Waals surface area contributed by atoms with Gasteiger partial charge < -0.3 is 41.0 Å². The summed E-state index contributed by atoms with van der Waals surface area (Å²) in [6.45, 7) is 1.60. The lowest BCUT2D eigenvalue weighted by Crippen LogP contribution is -2.49. The van der Waals surface area contributed by atoms with Crippen molar-refractivity contribution < 1.29 is 33.7 Å². The number of carboxylic acids is 1. The van der Waals surface area contributed by atoms with E-state index in [1.54, 1.807) is 49.4 Å². The number of fused-ring (bicyclic) bond motifs is 1. The highest BCUT2D eigenvalue weighted by Crippen LogP contribution is 2.32. The van der Waals surface area contributed by atoms with Crippen LogP contribution in [0.25, 0.3) is 0 Å². The molecule has 2 unspecified atom stereocenters. The van der Waals surface area contributed by atoms with Crippen LogP contribution in [0.4, 0.5) is 0 Å². The van der Waals surface area contributed by atoms with E-state index in [0.29, 0.717) is 29.2 Å². The Morgan fingerprint density at radius 1 is 1.14 bits per heavy atom. The molecule has 1 aliphatic heterocycles. The highest BCUT2D eigenvalue weighted by atomic mass is 16.7. The molecule has 6 N–H and O–H groups in total. The number of carbonyl (C=O) groups is 3. The standard InChI is InChI=1S/C25H31N5O7/c1-16(37-18-6-3-2-4-7-18)23(32)30(13-17-9-10-20-21(12-17)36-15-35-20)14-22(31)29-19(24(33)34)8-5-11-28-25(26)27/h2-4,6-7,9-10,12,16,19H,5,8,11,13-15H2,1H3,(H,29,31)(H,33,34)(H4,26,27,28). The average Bonchev–Trinajstić information content (AvgIpc) is 3.33. The third kappa shape index (κ3) is 8.30. The van der Waals surface area contributed by atoms with E-state index in [9.17, 15) is 19.5 Å². The van der Waals surface area contributed by atoms with Crippen molar-refractivity contribution in [2.45, 2.75) is 38.5 Å². The Labute approximate surface area is 214 Å². The Bertz CT molecular complexity index is 1120. The largest absolute Gasteiger partial charge is 0.481 e. The molecule has 1 aliphatic rings. The third-order valence-corrected chi connectivity index (χ3v) is 5.44. The quantitative estimate of drug-likeness (QED) is 0.171. The monoisotopic (exact) mass is 513 g/mol. The number of guanidine groups is 1. The molecule has 0 aromatic heterocycles. The number of benzene rings is 2. The van der Waals surface area contributed by atoms with E-state index in [1.807, 2.05) is 6.07 Å². The summed E-state index contributed by atoms with van der Waals surface area (Å²) in [6, 6.07) is 12.9. The lowest BCUT2D eigenvalue weighted by Gasteiger charge is -2.26. The van der Waals surface area contributed by atoms with E-state index < -0.39 is 29.9 Å². The third-order valence-electron chi connectivity index (χ3n) is 5.44. The fraction of sp³-hybridized carbons (Fsp3) is 0.360. The summed E-state index contributed by atoms with van der Waals surface area (Å²) in [5.41, 5.74) is 11.3. The summed E-state index contributed by atoms with van der Waals surface area (Å²) in [4.78, 5) is 43.0. The highest BCUT2D eigenvalue weighted by molar-refractivity contribution is 5.89. The second-order valence-electron chi connectivity index (χ2n) is 8.36. The van der Waals surface area contributed by atoms with Crippen molar-refractivity contribution in [1.29, 1.82) is 0 Å². The number of aliphatic carboxylic acids is 1. The number of carbonyl (C=O) groups excluding carboxylic acids is 2. The summed E-state index contributed by atoms with van der Waals surface area (Å²) in [6.07, 6.45) is -0.447. The zero-order valence-electron chi connectivity index (χ0n) is 20.5. The van der Waals surface area contributed by atoms with Crippen LogP contribution >= 0.6 is 0 Å². The Balaban J connectivity index is 1.70. The van der Waals surface area contributed by atoms with Crippen molar-refractivity contribution in [3.05, 3.63) is 54.1 Å². The molecule has 0 saturated carbocycles. The van der Waals surface area contributed by atoms with Gasteiger partial charge in [-0.15, -0.1) is 0 Å². The van der Waals surface area contributed by atoms with E-state index in [-0.39, 0.29) is 38.8 Å². The molecule has 3 rings (SSSR count). The molecule has 12 nitrogen and oxygen atoms in total. The Morgan fingerprint density at radius 3 is 2.57 bits per heavy atom. The number of carboxylic acid groups (broad SMARTS) is 1. The van der Waals surface area contributed by atoms with Crippen LogP contribution in [0, 0.1) is 0 Å². The van der Waals surface area contributed by atoms with E-state index in [4.69, 9.17) is 25.7 Å². The van der Waals surface area contributed by atoms with Crippen LogP contribution in [0.5, 0.6) is 17.2 Å². The van der Waals surface area contributed by atoms with E-state index in [1.165, 1.54) is 4.90 Å². The van der Waals surface area contributed by atoms with Gasteiger partial charge >= 0.3 is 5.97 Å². The number of nitrogens with two attached hydrogens (primary N) is 2. The number of nitrogens with one attached hydrogen (secondary N) is 1. The first kappa shape index (κ1) is 27.1. The minimum Gasteiger partial charge on any atom is -0.481 e. The van der Waals surface area contributed by atoms with Gasteiger partial charge in [0, 0.05) is 13.1 Å². The number of rotatable bonds is 13.